The maximum absolute atomic E-state index is 13.2. The zero-order valence-corrected chi connectivity index (χ0v) is 32.3. The van der Waals surface area contributed by atoms with Gasteiger partial charge in [-0.1, -0.05) is 12.1 Å². The lowest BCUT2D eigenvalue weighted by Gasteiger charge is -2.61. The van der Waals surface area contributed by atoms with Crippen LogP contribution < -0.4 is 26.2 Å². The maximum atomic E-state index is 13.2. The maximum Gasteiger partial charge on any atom is 0.320 e. The molecule has 2 aromatic carbocycles. The van der Waals surface area contributed by atoms with Gasteiger partial charge in [0.1, 0.15) is 11.9 Å². The number of carbonyl (C=O) groups excluding carboxylic acids is 5. The zero-order chi connectivity index (χ0) is 39.4. The smallest absolute Gasteiger partial charge is 0.320 e. The summed E-state index contributed by atoms with van der Waals surface area (Å²) in [5.41, 5.74) is 10.8. The van der Waals surface area contributed by atoms with Crippen LogP contribution in [0.25, 0.3) is 0 Å². The van der Waals surface area contributed by atoms with Crippen molar-refractivity contribution in [2.75, 3.05) is 81.1 Å². The molecule has 2 atom stereocenters. The van der Waals surface area contributed by atoms with E-state index in [4.69, 9.17) is 10.7 Å². The van der Waals surface area contributed by atoms with E-state index in [1.807, 2.05) is 36.2 Å². The monoisotopic (exact) mass is 777 g/mol. The largest absolute Gasteiger partial charge is 0.370 e. The highest BCUT2D eigenvalue weighted by atomic mass is 16.2. The number of amides is 6. The summed E-state index contributed by atoms with van der Waals surface area (Å²) in [7, 11) is 1.83. The number of rotatable bonds is 11. The fourth-order valence-corrected chi connectivity index (χ4v) is 9.70. The zero-order valence-electron chi connectivity index (χ0n) is 32.3. The Morgan fingerprint density at radius 3 is 2.53 bits per heavy atom. The molecule has 1 spiro atoms. The molecule has 4 N–H and O–H groups in total. The van der Waals surface area contributed by atoms with Crippen molar-refractivity contribution in [3.63, 3.8) is 0 Å². The summed E-state index contributed by atoms with van der Waals surface area (Å²) in [5, 5.41) is 5.66. The van der Waals surface area contributed by atoms with Gasteiger partial charge in [-0.25, -0.2) is 14.8 Å². The number of aryl methyl sites for hydroxylation is 1. The number of likely N-dealkylation sites (N-methyl/N-ethyl adjacent to an activating group) is 1. The molecule has 0 radical (unpaired) electrons. The highest BCUT2D eigenvalue weighted by Crippen LogP contribution is 2.42. The molecule has 5 saturated heterocycles. The number of aromatic nitrogens is 2. The Bertz CT molecular complexity index is 2120. The summed E-state index contributed by atoms with van der Waals surface area (Å²) in [6, 6.07) is 13.5. The number of piperidine rings is 2. The first-order chi connectivity index (χ1) is 27.5. The van der Waals surface area contributed by atoms with Gasteiger partial charge in [-0.05, 0) is 80.1 Å². The van der Waals surface area contributed by atoms with Crippen molar-refractivity contribution in [2.24, 2.45) is 11.1 Å². The Morgan fingerprint density at radius 2 is 1.79 bits per heavy atom. The van der Waals surface area contributed by atoms with E-state index in [-0.39, 0.29) is 43.3 Å². The van der Waals surface area contributed by atoms with Gasteiger partial charge >= 0.3 is 6.03 Å². The van der Waals surface area contributed by atoms with Crippen LogP contribution in [0.2, 0.25) is 0 Å². The molecule has 16 nitrogen and oxygen atoms in total. The van der Waals surface area contributed by atoms with Crippen LogP contribution in [0.1, 0.15) is 65.5 Å². The van der Waals surface area contributed by atoms with E-state index in [2.05, 4.69) is 48.5 Å². The van der Waals surface area contributed by atoms with E-state index in [9.17, 15) is 24.0 Å². The van der Waals surface area contributed by atoms with E-state index in [1.54, 1.807) is 16.0 Å². The Morgan fingerprint density at radius 1 is 0.982 bits per heavy atom. The first kappa shape index (κ1) is 36.8. The molecule has 0 aliphatic carbocycles. The standard InChI is InChI=1S/C41H49N11O5.H2/c1-47-17-18-51(40(47)57)29-7-4-16-49(20-29)33-19-43-35(36(42)54)37(45-33)44-27-9-11-28(12-10-27)50-24-41(25-50)22-48(23-41)15-3-6-26-5-2-8-30-31(26)21-52(39(30)56)32-13-14-34(53)46-38(32)55;/h2,5,8-12,19,29,32H,3-4,6-7,13-18,20-25H2,1H3,(H2,42,54)(H,44,45)(H,46,53,55);1H/t29-,32?;/m1./s1. The average Bonchev–Trinajstić information content (AvgIpc) is 3.69. The van der Waals surface area contributed by atoms with Gasteiger partial charge in [-0.2, -0.15) is 0 Å². The van der Waals surface area contributed by atoms with Gasteiger partial charge in [0.05, 0.1) is 12.2 Å². The molecule has 3 aromatic rings. The Labute approximate surface area is 332 Å². The molecule has 5 fully saturated rings. The molecule has 6 amide bonds. The Hall–Kier alpha value is -5.77. The van der Waals surface area contributed by atoms with Crippen LogP contribution in [0.3, 0.4) is 0 Å². The van der Waals surface area contributed by atoms with Gasteiger partial charge in [0, 0.05) is 96.2 Å². The van der Waals surface area contributed by atoms with E-state index < -0.39 is 11.9 Å². The fraction of sp³-hybridized carbons (Fsp3) is 0.488. The lowest BCUT2D eigenvalue weighted by atomic mass is 9.72. The topological polar surface area (TPSA) is 181 Å². The van der Waals surface area contributed by atoms with Crippen LogP contribution in [-0.2, 0) is 22.6 Å². The number of anilines is 4. The van der Waals surface area contributed by atoms with E-state index in [0.29, 0.717) is 42.1 Å². The molecule has 1 aromatic heterocycles. The summed E-state index contributed by atoms with van der Waals surface area (Å²) in [6.45, 7) is 8.41. The molecule has 57 heavy (non-hydrogen) atoms. The normalized spacial score (nSPS) is 23.1. The second kappa shape index (κ2) is 14.6. The summed E-state index contributed by atoms with van der Waals surface area (Å²) in [4.78, 5) is 83.9. The summed E-state index contributed by atoms with van der Waals surface area (Å²) < 4.78 is 0. The van der Waals surface area contributed by atoms with Gasteiger partial charge in [-0.15, -0.1) is 0 Å². The molecule has 16 heteroatoms. The number of carbonyl (C=O) groups is 5. The number of nitrogens with one attached hydrogen (secondary N) is 2. The summed E-state index contributed by atoms with van der Waals surface area (Å²) in [6.07, 6.45) is 5.92. The number of urea groups is 1. The highest BCUT2D eigenvalue weighted by Gasteiger charge is 2.51. The van der Waals surface area contributed by atoms with Gasteiger partial charge in [-0.3, -0.25) is 24.5 Å². The third-order valence-electron chi connectivity index (χ3n) is 12.7. The predicted molar refractivity (Wildman–Crippen MR) is 214 cm³/mol. The van der Waals surface area contributed by atoms with Crippen molar-refractivity contribution in [3.05, 3.63) is 71.0 Å². The Kier molecular flexibility index (Phi) is 9.45. The lowest BCUT2D eigenvalue weighted by Crippen LogP contribution is -2.72. The van der Waals surface area contributed by atoms with Gasteiger partial charge in [0.15, 0.2) is 11.5 Å². The number of benzene rings is 2. The van der Waals surface area contributed by atoms with Crippen molar-refractivity contribution < 1.29 is 25.4 Å². The third kappa shape index (κ3) is 7.00. The second-order valence-electron chi connectivity index (χ2n) is 16.6. The number of nitrogens with two attached hydrogens (primary N) is 1. The van der Waals surface area contributed by atoms with Gasteiger partial charge in [0.2, 0.25) is 11.8 Å². The highest BCUT2D eigenvalue weighted by molar-refractivity contribution is 6.05. The molecule has 0 saturated carbocycles. The van der Waals surface area contributed by atoms with Gasteiger partial charge < -0.3 is 40.4 Å². The molecule has 300 valence electrons. The number of fused-ring (bicyclic) bond motifs is 1. The quantitative estimate of drug-likeness (QED) is 0.244. The van der Waals surface area contributed by atoms with Crippen molar-refractivity contribution >= 4 is 52.7 Å². The molecule has 0 bridgehead atoms. The first-order valence-electron chi connectivity index (χ1n) is 20.1. The van der Waals surface area contributed by atoms with Gasteiger partial charge in [0.25, 0.3) is 11.8 Å². The third-order valence-corrected chi connectivity index (χ3v) is 12.7. The average molecular weight is 778 g/mol. The van der Waals surface area contributed by atoms with Crippen molar-refractivity contribution in [1.82, 2.24) is 34.9 Å². The number of hydrogen-bond donors (Lipinski definition) is 3. The molecular formula is C41H51N11O5. The van der Waals surface area contributed by atoms with E-state index in [1.165, 1.54) is 0 Å². The molecule has 9 rings (SSSR count). The number of likely N-dealkylation sites (tertiary alicyclic amines) is 1. The molecule has 6 aliphatic heterocycles. The van der Waals surface area contributed by atoms with Crippen LogP contribution in [0.4, 0.5) is 27.8 Å². The Balaban J connectivity index is 0.00000469. The lowest BCUT2D eigenvalue weighted by molar-refractivity contribution is -0.136. The minimum atomic E-state index is -0.658. The predicted octanol–water partition coefficient (Wildman–Crippen LogP) is 2.42. The van der Waals surface area contributed by atoms with Crippen molar-refractivity contribution in [1.29, 1.82) is 0 Å². The first-order valence-corrected chi connectivity index (χ1v) is 20.1. The number of primary amides is 1. The van der Waals surface area contributed by atoms with Crippen molar-refractivity contribution in [3.8, 4) is 0 Å². The van der Waals surface area contributed by atoms with Crippen molar-refractivity contribution in [2.45, 2.75) is 57.2 Å². The number of nitrogens with zero attached hydrogens (tertiary/aromatic N) is 8. The number of imide groups is 1. The molecular weight excluding hydrogens is 727 g/mol. The number of hydrogen-bond acceptors (Lipinski definition) is 11. The van der Waals surface area contributed by atoms with E-state index >= 15 is 0 Å². The van der Waals surface area contributed by atoms with Crippen LogP contribution in [0, 0.1) is 5.41 Å². The second-order valence-corrected chi connectivity index (χ2v) is 16.6. The minimum absolute atomic E-state index is 0. The molecule has 7 heterocycles. The van der Waals surface area contributed by atoms with Crippen LogP contribution in [-0.4, -0.2) is 137 Å². The minimum Gasteiger partial charge on any atom is -0.370 e. The SMILES string of the molecule is CN1CCN([C@@H]2CCCN(c3cnc(C(N)=O)c(Nc4ccc(N5CC6(CN(CCCc7cccc8c7CN(C7CCC(=O)NC7=O)C8=O)C6)C5)cc4)n3)C2)C1=O.[HH]. The molecule has 1 unspecified atom stereocenters. The van der Waals surface area contributed by atoms with Crippen LogP contribution in [0.5, 0.6) is 0 Å². The van der Waals surface area contributed by atoms with Crippen LogP contribution >= 0.6 is 0 Å². The summed E-state index contributed by atoms with van der Waals surface area (Å²) >= 11 is 0. The molecule has 6 aliphatic rings. The van der Waals surface area contributed by atoms with Crippen LogP contribution in [0.15, 0.2) is 48.7 Å². The fourth-order valence-electron chi connectivity index (χ4n) is 9.70. The van der Waals surface area contributed by atoms with E-state index in [0.717, 1.165) is 101 Å². The summed E-state index contributed by atoms with van der Waals surface area (Å²) in [5.74, 6) is -0.499.